The molecule has 3 nitrogen and oxygen atoms in total. The number of aliphatic hydroxyl groups excluding tert-OH is 1. The lowest BCUT2D eigenvalue weighted by atomic mass is 10.0. The van der Waals surface area contributed by atoms with Crippen LogP contribution in [0, 0.1) is 11.3 Å². The lowest BCUT2D eigenvalue weighted by Gasteiger charge is -2.34. The Bertz CT molecular complexity index is 176. The average Bonchev–Trinajstić information content (AvgIpc) is 2.19. The van der Waals surface area contributed by atoms with Gasteiger partial charge in [-0.05, 0) is 32.4 Å². The van der Waals surface area contributed by atoms with Crippen LogP contribution < -0.4 is 0 Å². The summed E-state index contributed by atoms with van der Waals surface area (Å²) in [6.07, 6.45) is 5.16. The Balaban J connectivity index is 2.24. The number of piperidine rings is 1. The van der Waals surface area contributed by atoms with Crippen molar-refractivity contribution in [3.8, 4) is 6.07 Å². The first-order valence-corrected chi connectivity index (χ1v) is 5.10. The molecule has 1 N–H and O–H groups in total. The summed E-state index contributed by atoms with van der Waals surface area (Å²) in [5.41, 5.74) is 0. The maximum absolute atomic E-state index is 9.11. The maximum atomic E-state index is 9.11. The van der Waals surface area contributed by atoms with Gasteiger partial charge < -0.3 is 5.11 Å². The first-order chi connectivity index (χ1) is 6.38. The first kappa shape index (κ1) is 10.5. The van der Waals surface area contributed by atoms with E-state index in [1.54, 1.807) is 0 Å². The minimum Gasteiger partial charge on any atom is -0.395 e. The van der Waals surface area contributed by atoms with Crippen molar-refractivity contribution in [2.75, 3.05) is 19.7 Å². The molecule has 3 heteroatoms. The van der Waals surface area contributed by atoms with E-state index in [1.165, 1.54) is 12.8 Å². The molecule has 1 aliphatic heterocycles. The molecule has 0 radical (unpaired) electrons. The minimum atomic E-state index is 0.270. The van der Waals surface area contributed by atoms with Crippen molar-refractivity contribution in [2.45, 2.75) is 38.1 Å². The third kappa shape index (κ3) is 3.33. The molecule has 0 amide bonds. The van der Waals surface area contributed by atoms with Crippen LogP contribution in [0.3, 0.4) is 0 Å². The predicted molar refractivity (Wildman–Crippen MR) is 51.1 cm³/mol. The van der Waals surface area contributed by atoms with Crippen molar-refractivity contribution in [3.05, 3.63) is 0 Å². The van der Waals surface area contributed by atoms with Gasteiger partial charge >= 0.3 is 0 Å². The summed E-state index contributed by atoms with van der Waals surface area (Å²) in [6.45, 7) is 2.34. The lowest BCUT2D eigenvalue weighted by molar-refractivity contribution is 0.0896. The van der Waals surface area contributed by atoms with Gasteiger partial charge in [0.2, 0.25) is 0 Å². The van der Waals surface area contributed by atoms with Crippen molar-refractivity contribution in [2.24, 2.45) is 0 Å². The van der Waals surface area contributed by atoms with Gasteiger partial charge in [0.15, 0.2) is 0 Å². The number of unbranched alkanes of at least 4 members (excludes halogenated alkanes) is 1. The third-order valence-corrected chi connectivity index (χ3v) is 2.69. The third-order valence-electron chi connectivity index (χ3n) is 2.69. The molecular weight excluding hydrogens is 164 g/mol. The smallest absolute Gasteiger partial charge is 0.0622 e. The van der Waals surface area contributed by atoms with E-state index in [1.807, 2.05) is 0 Å². The highest BCUT2D eigenvalue weighted by molar-refractivity contribution is 4.77. The standard InChI is InChI=1S/C10H18N2O/c11-6-2-4-8-12-7-3-1-5-10(12)9-13/h10,13H,1-5,7-9H2. The van der Waals surface area contributed by atoms with Crippen LogP contribution in [0.4, 0.5) is 0 Å². The van der Waals surface area contributed by atoms with Gasteiger partial charge in [0.05, 0.1) is 12.7 Å². The van der Waals surface area contributed by atoms with Gasteiger partial charge in [-0.25, -0.2) is 0 Å². The summed E-state index contributed by atoms with van der Waals surface area (Å²) < 4.78 is 0. The van der Waals surface area contributed by atoms with Gasteiger partial charge in [-0.1, -0.05) is 6.42 Å². The molecule has 0 saturated carbocycles. The van der Waals surface area contributed by atoms with Crippen LogP contribution in [-0.2, 0) is 0 Å². The highest BCUT2D eigenvalue weighted by atomic mass is 16.3. The van der Waals surface area contributed by atoms with E-state index in [0.717, 1.165) is 25.9 Å². The van der Waals surface area contributed by atoms with E-state index < -0.39 is 0 Å². The molecule has 13 heavy (non-hydrogen) atoms. The van der Waals surface area contributed by atoms with Crippen LogP contribution in [-0.4, -0.2) is 35.7 Å². The number of nitrogens with zero attached hydrogens (tertiary/aromatic N) is 2. The molecule has 0 aromatic carbocycles. The van der Waals surface area contributed by atoms with E-state index >= 15 is 0 Å². The fraction of sp³-hybridized carbons (Fsp3) is 0.900. The molecule has 74 valence electrons. The summed E-state index contributed by atoms with van der Waals surface area (Å²) in [4.78, 5) is 2.32. The van der Waals surface area contributed by atoms with Gasteiger partial charge in [0.1, 0.15) is 0 Å². The van der Waals surface area contributed by atoms with Gasteiger partial charge in [-0.3, -0.25) is 4.90 Å². The second-order valence-corrected chi connectivity index (χ2v) is 3.63. The fourth-order valence-corrected chi connectivity index (χ4v) is 1.92. The largest absolute Gasteiger partial charge is 0.395 e. The van der Waals surface area contributed by atoms with Crippen molar-refractivity contribution >= 4 is 0 Å². The van der Waals surface area contributed by atoms with Crippen LogP contribution in [0.1, 0.15) is 32.1 Å². The van der Waals surface area contributed by atoms with Gasteiger partial charge in [0.25, 0.3) is 0 Å². The molecule has 0 spiro atoms. The highest BCUT2D eigenvalue weighted by Gasteiger charge is 2.20. The van der Waals surface area contributed by atoms with Crippen LogP contribution in [0.25, 0.3) is 0 Å². The number of likely N-dealkylation sites (tertiary alicyclic amines) is 1. The SMILES string of the molecule is N#CCCCN1CCCCC1CO. The zero-order valence-corrected chi connectivity index (χ0v) is 8.08. The molecule has 1 rings (SSSR count). The zero-order chi connectivity index (χ0) is 9.52. The van der Waals surface area contributed by atoms with Crippen molar-refractivity contribution in [3.63, 3.8) is 0 Å². The molecule has 1 aliphatic rings. The Morgan fingerprint density at radius 3 is 3.00 bits per heavy atom. The summed E-state index contributed by atoms with van der Waals surface area (Å²) in [5.74, 6) is 0. The number of aliphatic hydroxyl groups is 1. The molecule has 0 aromatic rings. The minimum absolute atomic E-state index is 0.270. The van der Waals surface area contributed by atoms with Gasteiger partial charge in [-0.15, -0.1) is 0 Å². The summed E-state index contributed by atoms with van der Waals surface area (Å²) in [7, 11) is 0. The van der Waals surface area contributed by atoms with Crippen LogP contribution in [0.2, 0.25) is 0 Å². The Morgan fingerprint density at radius 2 is 2.31 bits per heavy atom. The predicted octanol–water partition coefficient (Wildman–Crippen LogP) is 1.14. The Hall–Kier alpha value is -0.590. The maximum Gasteiger partial charge on any atom is 0.0622 e. The Morgan fingerprint density at radius 1 is 1.46 bits per heavy atom. The van der Waals surface area contributed by atoms with E-state index in [9.17, 15) is 0 Å². The average molecular weight is 182 g/mol. The zero-order valence-electron chi connectivity index (χ0n) is 8.08. The van der Waals surface area contributed by atoms with E-state index in [2.05, 4.69) is 11.0 Å². The molecule has 1 heterocycles. The van der Waals surface area contributed by atoms with Crippen LogP contribution >= 0.6 is 0 Å². The molecule has 0 aliphatic carbocycles. The summed E-state index contributed by atoms with van der Waals surface area (Å²) in [6, 6.07) is 2.51. The number of rotatable bonds is 4. The van der Waals surface area contributed by atoms with E-state index in [4.69, 9.17) is 10.4 Å². The molecule has 1 saturated heterocycles. The molecule has 0 aromatic heterocycles. The monoisotopic (exact) mass is 182 g/mol. The summed E-state index contributed by atoms with van der Waals surface area (Å²) in [5, 5.41) is 17.5. The normalized spacial score (nSPS) is 24.2. The quantitative estimate of drug-likeness (QED) is 0.663. The highest BCUT2D eigenvalue weighted by Crippen LogP contribution is 2.16. The van der Waals surface area contributed by atoms with E-state index in [-0.39, 0.29) is 6.61 Å². The van der Waals surface area contributed by atoms with Crippen LogP contribution in [0.15, 0.2) is 0 Å². The van der Waals surface area contributed by atoms with E-state index in [0.29, 0.717) is 12.5 Å². The topological polar surface area (TPSA) is 47.3 Å². The fourth-order valence-electron chi connectivity index (χ4n) is 1.92. The number of hydrogen-bond donors (Lipinski definition) is 1. The molecule has 0 bridgehead atoms. The molecule has 1 unspecified atom stereocenters. The molecule has 1 fully saturated rings. The van der Waals surface area contributed by atoms with Gasteiger partial charge in [-0.2, -0.15) is 5.26 Å². The second kappa shape index (κ2) is 5.95. The molecular formula is C10H18N2O. The number of nitriles is 1. The van der Waals surface area contributed by atoms with Crippen molar-refractivity contribution in [1.82, 2.24) is 4.90 Å². The first-order valence-electron chi connectivity index (χ1n) is 5.10. The molecule has 1 atom stereocenters. The summed E-state index contributed by atoms with van der Waals surface area (Å²) >= 11 is 0. The second-order valence-electron chi connectivity index (χ2n) is 3.63. The Kier molecular flexibility index (Phi) is 4.81. The lowest BCUT2D eigenvalue weighted by Crippen LogP contribution is -2.42. The number of hydrogen-bond acceptors (Lipinski definition) is 3. The Labute approximate surface area is 80.0 Å². The van der Waals surface area contributed by atoms with Crippen molar-refractivity contribution in [1.29, 1.82) is 5.26 Å². The van der Waals surface area contributed by atoms with Gasteiger partial charge in [0, 0.05) is 12.5 Å². The van der Waals surface area contributed by atoms with Crippen molar-refractivity contribution < 1.29 is 5.11 Å². The van der Waals surface area contributed by atoms with Crippen LogP contribution in [0.5, 0.6) is 0 Å².